The highest BCUT2D eigenvalue weighted by Crippen LogP contribution is 2.33. The quantitative estimate of drug-likeness (QED) is 0.395. The first-order valence-electron chi connectivity index (χ1n) is 13.1. The third-order valence-electron chi connectivity index (χ3n) is 7.12. The molecule has 2 aliphatic heterocycles. The summed E-state index contributed by atoms with van der Waals surface area (Å²) in [6, 6.07) is 14.2. The number of carbonyl (C=O) groups excluding carboxylic acids is 1. The highest BCUT2D eigenvalue weighted by molar-refractivity contribution is 6.43. The van der Waals surface area contributed by atoms with Gasteiger partial charge in [0.05, 0.1) is 41.1 Å². The summed E-state index contributed by atoms with van der Waals surface area (Å²) in [7, 11) is 0. The van der Waals surface area contributed by atoms with E-state index in [0.29, 0.717) is 54.2 Å². The van der Waals surface area contributed by atoms with Crippen LogP contribution in [0.25, 0.3) is 10.9 Å². The number of piperazine rings is 1. The SMILES string of the molecule is O=C(N1CCOCC1)n1c(=O)ccc2ccc(OCCCCN3CCN(c4cccc(Cl)c4Cl)CC3)cc21. The Bertz CT molecular complexity index is 1330. The van der Waals surface area contributed by atoms with E-state index in [4.69, 9.17) is 32.7 Å². The lowest BCUT2D eigenvalue weighted by Crippen LogP contribution is -2.46. The summed E-state index contributed by atoms with van der Waals surface area (Å²) in [6.45, 7) is 7.26. The number of fused-ring (bicyclic) bond motifs is 1. The molecule has 2 aliphatic rings. The molecular formula is C28H32Cl2N4O4. The van der Waals surface area contributed by atoms with Crippen LogP contribution in [0, 0.1) is 0 Å². The van der Waals surface area contributed by atoms with E-state index in [1.807, 2.05) is 30.3 Å². The molecule has 0 atom stereocenters. The van der Waals surface area contributed by atoms with Gasteiger partial charge in [0.2, 0.25) is 0 Å². The Morgan fingerprint density at radius 3 is 2.47 bits per heavy atom. The van der Waals surface area contributed by atoms with Gasteiger partial charge in [0.1, 0.15) is 5.75 Å². The number of pyridine rings is 1. The molecule has 0 aliphatic carbocycles. The lowest BCUT2D eigenvalue weighted by atomic mass is 10.2. The van der Waals surface area contributed by atoms with Gasteiger partial charge in [-0.2, -0.15) is 0 Å². The van der Waals surface area contributed by atoms with Crippen LogP contribution in [0.3, 0.4) is 0 Å². The summed E-state index contributed by atoms with van der Waals surface area (Å²) in [4.78, 5) is 32.1. The molecule has 0 unspecified atom stereocenters. The number of benzene rings is 2. The van der Waals surface area contributed by atoms with Crippen LogP contribution in [0.15, 0.2) is 53.3 Å². The normalized spacial score (nSPS) is 16.7. The lowest BCUT2D eigenvalue weighted by Gasteiger charge is -2.36. The smallest absolute Gasteiger partial charge is 0.331 e. The van der Waals surface area contributed by atoms with Crippen molar-refractivity contribution in [3.63, 3.8) is 0 Å². The predicted octanol–water partition coefficient (Wildman–Crippen LogP) is 4.59. The summed E-state index contributed by atoms with van der Waals surface area (Å²) in [6.07, 6.45) is 1.93. The second-order valence-electron chi connectivity index (χ2n) is 9.57. The number of rotatable bonds is 7. The zero-order valence-electron chi connectivity index (χ0n) is 21.3. The van der Waals surface area contributed by atoms with Gasteiger partial charge in [0.25, 0.3) is 5.56 Å². The maximum absolute atomic E-state index is 13.1. The maximum atomic E-state index is 13.1. The molecule has 2 fully saturated rings. The standard InChI is InChI=1S/C28H32Cl2N4O4/c29-23-4-3-5-24(27(23)30)32-13-11-31(12-14-32)10-1-2-17-38-22-8-6-21-7-9-26(35)34(25(21)20-22)28(36)33-15-18-37-19-16-33/h3-9,20H,1-2,10-19H2. The Balaban J connectivity index is 1.11. The van der Waals surface area contributed by atoms with Crippen molar-refractivity contribution in [2.75, 3.05) is 70.5 Å². The van der Waals surface area contributed by atoms with Crippen molar-refractivity contribution in [3.8, 4) is 5.75 Å². The molecule has 0 bridgehead atoms. The number of nitrogens with zero attached hydrogens (tertiary/aromatic N) is 4. The summed E-state index contributed by atoms with van der Waals surface area (Å²) in [5.41, 5.74) is 1.22. The molecule has 0 radical (unpaired) electrons. The molecule has 38 heavy (non-hydrogen) atoms. The van der Waals surface area contributed by atoms with Gasteiger partial charge in [-0.3, -0.25) is 9.69 Å². The van der Waals surface area contributed by atoms with Crippen molar-refractivity contribution in [1.29, 1.82) is 0 Å². The van der Waals surface area contributed by atoms with Gasteiger partial charge in [-0.15, -0.1) is 0 Å². The van der Waals surface area contributed by atoms with E-state index in [9.17, 15) is 9.59 Å². The van der Waals surface area contributed by atoms with E-state index < -0.39 is 0 Å². The molecule has 1 amide bonds. The number of unbranched alkanes of at least 4 members (excludes halogenated alkanes) is 1. The average Bonchev–Trinajstić information content (AvgIpc) is 2.95. The fraction of sp³-hybridized carbons (Fsp3) is 0.429. The number of hydrogen-bond acceptors (Lipinski definition) is 6. The minimum Gasteiger partial charge on any atom is -0.494 e. The van der Waals surface area contributed by atoms with Gasteiger partial charge in [0.15, 0.2) is 0 Å². The summed E-state index contributed by atoms with van der Waals surface area (Å²) >= 11 is 12.6. The van der Waals surface area contributed by atoms with Crippen molar-refractivity contribution in [1.82, 2.24) is 14.4 Å². The van der Waals surface area contributed by atoms with Crippen molar-refractivity contribution >= 4 is 45.8 Å². The molecule has 8 nitrogen and oxygen atoms in total. The number of amides is 1. The monoisotopic (exact) mass is 558 g/mol. The van der Waals surface area contributed by atoms with Gasteiger partial charge in [-0.05, 0) is 55.1 Å². The van der Waals surface area contributed by atoms with Crippen LogP contribution in [0.1, 0.15) is 12.8 Å². The zero-order valence-corrected chi connectivity index (χ0v) is 22.8. The van der Waals surface area contributed by atoms with E-state index in [0.717, 1.165) is 56.6 Å². The number of ether oxygens (including phenoxy) is 2. The molecule has 0 saturated carbocycles. The largest absolute Gasteiger partial charge is 0.494 e. The molecule has 2 aromatic carbocycles. The fourth-order valence-electron chi connectivity index (χ4n) is 4.97. The average molecular weight is 559 g/mol. The third kappa shape index (κ3) is 6.10. The van der Waals surface area contributed by atoms with E-state index in [-0.39, 0.29) is 11.6 Å². The Labute approximate surface area is 232 Å². The number of morpholine rings is 1. The highest BCUT2D eigenvalue weighted by Gasteiger charge is 2.22. The number of carbonyl (C=O) groups is 1. The molecule has 3 heterocycles. The molecule has 2 saturated heterocycles. The molecule has 3 aromatic rings. The molecular weight excluding hydrogens is 527 g/mol. The van der Waals surface area contributed by atoms with Crippen molar-refractivity contribution in [2.45, 2.75) is 12.8 Å². The summed E-state index contributed by atoms with van der Waals surface area (Å²) < 4.78 is 12.6. The van der Waals surface area contributed by atoms with Crippen molar-refractivity contribution in [3.05, 3.63) is 68.9 Å². The van der Waals surface area contributed by atoms with Gasteiger partial charge < -0.3 is 19.3 Å². The van der Waals surface area contributed by atoms with E-state index in [1.165, 1.54) is 10.6 Å². The minimum absolute atomic E-state index is 0.321. The first-order valence-corrected chi connectivity index (χ1v) is 13.8. The van der Waals surface area contributed by atoms with Crippen LogP contribution in [-0.4, -0.2) is 86.0 Å². The van der Waals surface area contributed by atoms with Crippen LogP contribution < -0.4 is 15.2 Å². The molecule has 10 heteroatoms. The van der Waals surface area contributed by atoms with E-state index >= 15 is 0 Å². The van der Waals surface area contributed by atoms with Crippen LogP contribution in [0.4, 0.5) is 10.5 Å². The fourth-order valence-corrected chi connectivity index (χ4v) is 5.39. The lowest BCUT2D eigenvalue weighted by molar-refractivity contribution is 0.0536. The molecule has 202 valence electrons. The van der Waals surface area contributed by atoms with Crippen molar-refractivity contribution in [2.24, 2.45) is 0 Å². The topological polar surface area (TPSA) is 67.2 Å². The third-order valence-corrected chi connectivity index (χ3v) is 7.93. The van der Waals surface area contributed by atoms with Gasteiger partial charge in [-0.1, -0.05) is 29.3 Å². The summed E-state index contributed by atoms with van der Waals surface area (Å²) in [5.74, 6) is 0.652. The van der Waals surface area contributed by atoms with Crippen molar-refractivity contribution < 1.29 is 14.3 Å². The van der Waals surface area contributed by atoms with Gasteiger partial charge in [0, 0.05) is 51.4 Å². The Morgan fingerprint density at radius 2 is 1.68 bits per heavy atom. The first kappa shape index (κ1) is 26.8. The maximum Gasteiger partial charge on any atom is 0.331 e. The molecule has 5 rings (SSSR count). The van der Waals surface area contributed by atoms with Crippen LogP contribution in [-0.2, 0) is 4.74 Å². The van der Waals surface area contributed by atoms with Gasteiger partial charge in [-0.25, -0.2) is 9.36 Å². The summed E-state index contributed by atoms with van der Waals surface area (Å²) in [5, 5.41) is 2.03. The molecule has 0 N–H and O–H groups in total. The Kier molecular flexibility index (Phi) is 8.74. The number of anilines is 1. The second kappa shape index (κ2) is 12.4. The number of hydrogen-bond donors (Lipinski definition) is 0. The van der Waals surface area contributed by atoms with Crippen LogP contribution in [0.2, 0.25) is 10.0 Å². The number of aromatic nitrogens is 1. The minimum atomic E-state index is -0.344. The second-order valence-corrected chi connectivity index (χ2v) is 10.4. The molecule has 1 aromatic heterocycles. The number of halogens is 2. The van der Waals surface area contributed by atoms with Crippen LogP contribution in [0.5, 0.6) is 5.75 Å². The van der Waals surface area contributed by atoms with Gasteiger partial charge >= 0.3 is 6.03 Å². The predicted molar refractivity (Wildman–Crippen MR) is 151 cm³/mol. The van der Waals surface area contributed by atoms with Crippen LogP contribution >= 0.6 is 23.2 Å². The highest BCUT2D eigenvalue weighted by atomic mass is 35.5. The first-order chi connectivity index (χ1) is 18.5. The molecule has 0 spiro atoms. The Morgan fingerprint density at radius 1 is 0.921 bits per heavy atom. The van der Waals surface area contributed by atoms with E-state index in [1.54, 1.807) is 17.0 Å². The Hall–Kier alpha value is -2.78. The zero-order chi connectivity index (χ0) is 26.5. The van der Waals surface area contributed by atoms with E-state index in [2.05, 4.69) is 9.80 Å².